The summed E-state index contributed by atoms with van der Waals surface area (Å²) in [5.41, 5.74) is 2.11. The molecule has 0 amide bonds. The first-order valence-electron chi connectivity index (χ1n) is 6.56. The second-order valence-electron chi connectivity index (χ2n) is 4.62. The van der Waals surface area contributed by atoms with Crippen molar-refractivity contribution in [1.82, 2.24) is 0 Å². The first-order valence-corrected chi connectivity index (χ1v) is 8.83. The number of hydrogen-bond acceptors (Lipinski definition) is 3. The smallest absolute Gasteiger partial charge is 0.263 e. The predicted molar refractivity (Wildman–Crippen MR) is 90.3 cm³/mol. The number of rotatable bonds is 5. The molecule has 0 saturated heterocycles. The molecule has 21 heavy (non-hydrogen) atoms. The Labute approximate surface area is 133 Å². The van der Waals surface area contributed by atoms with Gasteiger partial charge < -0.3 is 5.32 Å². The van der Waals surface area contributed by atoms with Gasteiger partial charge in [0.1, 0.15) is 4.90 Å². The van der Waals surface area contributed by atoms with Crippen LogP contribution in [0.15, 0.2) is 51.8 Å². The molecule has 2 aromatic carbocycles. The Bertz CT molecular complexity index is 745. The molecule has 0 saturated carbocycles. The molecule has 0 aliphatic carbocycles. The van der Waals surface area contributed by atoms with E-state index < -0.39 is 10.0 Å². The van der Waals surface area contributed by atoms with Crippen LogP contribution in [0.3, 0.4) is 0 Å². The van der Waals surface area contributed by atoms with E-state index in [1.54, 1.807) is 30.3 Å². The van der Waals surface area contributed by atoms with Crippen molar-refractivity contribution in [3.05, 3.63) is 52.5 Å². The normalized spacial score (nSPS) is 11.2. The Morgan fingerprint density at radius 2 is 1.81 bits per heavy atom. The Morgan fingerprint density at radius 3 is 2.52 bits per heavy atom. The molecule has 2 N–H and O–H groups in total. The third-order valence-corrected chi connectivity index (χ3v) is 5.03. The molecular weight excluding hydrogens is 352 g/mol. The van der Waals surface area contributed by atoms with Crippen LogP contribution in [-0.2, 0) is 10.0 Å². The minimum atomic E-state index is -3.65. The summed E-state index contributed by atoms with van der Waals surface area (Å²) in [7, 11) is -3.65. The first-order chi connectivity index (χ1) is 9.94. The van der Waals surface area contributed by atoms with E-state index in [2.05, 4.69) is 26.0 Å². The topological polar surface area (TPSA) is 58.2 Å². The van der Waals surface area contributed by atoms with Crippen LogP contribution >= 0.6 is 15.9 Å². The van der Waals surface area contributed by atoms with Gasteiger partial charge in [0.25, 0.3) is 10.0 Å². The van der Waals surface area contributed by atoms with Crippen molar-refractivity contribution in [2.75, 3.05) is 16.6 Å². The van der Waals surface area contributed by atoms with E-state index in [1.807, 2.05) is 26.0 Å². The van der Waals surface area contributed by atoms with Gasteiger partial charge in [0.05, 0.1) is 11.4 Å². The minimum Gasteiger partial charge on any atom is -0.384 e. The number of hydrogen-bond donors (Lipinski definition) is 2. The summed E-state index contributed by atoms with van der Waals surface area (Å²) in [6.45, 7) is 4.49. The van der Waals surface area contributed by atoms with E-state index in [1.165, 1.54) is 0 Å². The molecule has 2 rings (SSSR count). The number of nitrogens with one attached hydrogen (secondary N) is 2. The number of aryl methyl sites for hydroxylation is 1. The van der Waals surface area contributed by atoms with E-state index in [-0.39, 0.29) is 4.90 Å². The number of sulfonamides is 1. The number of anilines is 2. The van der Waals surface area contributed by atoms with Crippen LogP contribution in [-0.4, -0.2) is 15.0 Å². The molecule has 0 heterocycles. The lowest BCUT2D eigenvalue weighted by Gasteiger charge is -2.14. The minimum absolute atomic E-state index is 0.236. The van der Waals surface area contributed by atoms with Crippen molar-refractivity contribution in [3.63, 3.8) is 0 Å². The highest BCUT2D eigenvalue weighted by Gasteiger charge is 2.19. The maximum atomic E-state index is 12.6. The molecule has 0 unspecified atom stereocenters. The van der Waals surface area contributed by atoms with E-state index in [4.69, 9.17) is 0 Å². The van der Waals surface area contributed by atoms with E-state index in [9.17, 15) is 8.42 Å². The van der Waals surface area contributed by atoms with E-state index in [0.29, 0.717) is 22.4 Å². The summed E-state index contributed by atoms with van der Waals surface area (Å²) in [5.74, 6) is 0. The van der Waals surface area contributed by atoms with Gasteiger partial charge in [-0.3, -0.25) is 4.72 Å². The summed E-state index contributed by atoms with van der Waals surface area (Å²) >= 11 is 3.36. The van der Waals surface area contributed by atoms with E-state index in [0.717, 1.165) is 5.56 Å². The molecule has 0 fully saturated rings. The van der Waals surface area contributed by atoms with Crippen LogP contribution in [0, 0.1) is 6.92 Å². The highest BCUT2D eigenvalue weighted by atomic mass is 79.9. The van der Waals surface area contributed by atoms with Crippen molar-refractivity contribution < 1.29 is 8.42 Å². The number of halogens is 1. The Kier molecular flexibility index (Phi) is 4.90. The quantitative estimate of drug-likeness (QED) is 0.838. The maximum Gasteiger partial charge on any atom is 0.263 e. The van der Waals surface area contributed by atoms with Crippen molar-refractivity contribution in [1.29, 1.82) is 0 Å². The molecule has 0 atom stereocenters. The summed E-state index contributed by atoms with van der Waals surface area (Å²) in [4.78, 5) is 0.236. The zero-order valence-corrected chi connectivity index (χ0v) is 14.3. The molecule has 0 aromatic heterocycles. The van der Waals surface area contributed by atoms with Gasteiger partial charge in [-0.05, 0) is 59.6 Å². The third-order valence-electron chi connectivity index (χ3n) is 2.91. The van der Waals surface area contributed by atoms with Crippen molar-refractivity contribution in [2.24, 2.45) is 0 Å². The average Bonchev–Trinajstić information content (AvgIpc) is 2.43. The molecule has 4 nitrogen and oxygen atoms in total. The lowest BCUT2D eigenvalue weighted by Crippen LogP contribution is -2.15. The molecule has 0 radical (unpaired) electrons. The van der Waals surface area contributed by atoms with Crippen molar-refractivity contribution in [3.8, 4) is 0 Å². The van der Waals surface area contributed by atoms with Crippen LogP contribution < -0.4 is 10.0 Å². The third kappa shape index (κ3) is 3.77. The molecule has 0 aliphatic rings. The fraction of sp³-hybridized carbons (Fsp3) is 0.200. The Morgan fingerprint density at radius 1 is 1.10 bits per heavy atom. The fourth-order valence-electron chi connectivity index (χ4n) is 1.95. The standard InChI is InChI=1S/C15H17BrN2O2S/c1-3-17-13-6-4-5-7-15(13)21(19,20)18-14-10-11(2)8-9-12(14)16/h4-10,17-18H,3H2,1-2H3. The predicted octanol–water partition coefficient (Wildman–Crippen LogP) is 3.99. The summed E-state index contributed by atoms with van der Waals surface area (Å²) in [6.07, 6.45) is 0. The highest BCUT2D eigenvalue weighted by Crippen LogP contribution is 2.28. The van der Waals surface area contributed by atoms with Crippen LogP contribution in [0.4, 0.5) is 11.4 Å². The highest BCUT2D eigenvalue weighted by molar-refractivity contribution is 9.10. The van der Waals surface area contributed by atoms with Gasteiger partial charge >= 0.3 is 0 Å². The van der Waals surface area contributed by atoms with Gasteiger partial charge in [0.2, 0.25) is 0 Å². The summed E-state index contributed by atoms with van der Waals surface area (Å²) in [6, 6.07) is 12.4. The van der Waals surface area contributed by atoms with Crippen LogP contribution in [0.25, 0.3) is 0 Å². The fourth-order valence-corrected chi connectivity index (χ4v) is 3.69. The van der Waals surface area contributed by atoms with Crippen LogP contribution in [0.1, 0.15) is 12.5 Å². The van der Waals surface area contributed by atoms with Crippen molar-refractivity contribution in [2.45, 2.75) is 18.7 Å². The lowest BCUT2D eigenvalue weighted by molar-refractivity contribution is 0.601. The second-order valence-corrected chi connectivity index (χ2v) is 7.12. The largest absolute Gasteiger partial charge is 0.384 e. The monoisotopic (exact) mass is 368 g/mol. The lowest BCUT2D eigenvalue weighted by atomic mass is 10.2. The van der Waals surface area contributed by atoms with Crippen LogP contribution in [0.5, 0.6) is 0 Å². The average molecular weight is 369 g/mol. The van der Waals surface area contributed by atoms with Gasteiger partial charge in [-0.15, -0.1) is 0 Å². The molecule has 6 heteroatoms. The molecule has 0 bridgehead atoms. The number of benzene rings is 2. The molecule has 2 aromatic rings. The van der Waals surface area contributed by atoms with E-state index >= 15 is 0 Å². The molecule has 0 aliphatic heterocycles. The first kappa shape index (κ1) is 15.9. The van der Waals surface area contributed by atoms with Gasteiger partial charge in [-0.2, -0.15) is 0 Å². The zero-order chi connectivity index (χ0) is 15.5. The van der Waals surface area contributed by atoms with Crippen molar-refractivity contribution >= 4 is 37.3 Å². The van der Waals surface area contributed by atoms with Gasteiger partial charge in [0.15, 0.2) is 0 Å². The zero-order valence-electron chi connectivity index (χ0n) is 11.9. The maximum absolute atomic E-state index is 12.6. The molecule has 112 valence electrons. The van der Waals surface area contributed by atoms with Crippen LogP contribution in [0.2, 0.25) is 0 Å². The summed E-state index contributed by atoms with van der Waals surface area (Å²) in [5, 5.41) is 3.06. The summed E-state index contributed by atoms with van der Waals surface area (Å²) < 4.78 is 28.5. The molecular formula is C15H17BrN2O2S. The Hall–Kier alpha value is -1.53. The van der Waals surface area contributed by atoms with Gasteiger partial charge in [-0.25, -0.2) is 8.42 Å². The van der Waals surface area contributed by atoms with Gasteiger partial charge in [-0.1, -0.05) is 18.2 Å². The number of para-hydroxylation sites is 1. The SMILES string of the molecule is CCNc1ccccc1S(=O)(=O)Nc1cc(C)ccc1Br. The Balaban J connectivity index is 2.41. The second kappa shape index (κ2) is 6.49. The molecule has 0 spiro atoms. The van der Waals surface area contributed by atoms with Gasteiger partial charge in [0, 0.05) is 11.0 Å².